The van der Waals surface area contributed by atoms with Gasteiger partial charge in [-0.15, -0.1) is 5.10 Å². The normalized spacial score (nSPS) is 16.2. The minimum Gasteiger partial charge on any atom is -0.497 e. The fourth-order valence-corrected chi connectivity index (χ4v) is 4.75. The summed E-state index contributed by atoms with van der Waals surface area (Å²) in [5, 5.41) is 5.20. The van der Waals surface area contributed by atoms with E-state index in [4.69, 9.17) is 9.47 Å². The quantitative estimate of drug-likeness (QED) is 0.524. The van der Waals surface area contributed by atoms with Gasteiger partial charge in [0.05, 0.1) is 25.5 Å². The van der Waals surface area contributed by atoms with Crippen molar-refractivity contribution in [1.29, 1.82) is 0 Å². The second-order valence-electron chi connectivity index (χ2n) is 7.91. The highest BCUT2D eigenvalue weighted by Gasteiger charge is 2.30. The molecule has 0 fully saturated rings. The monoisotopic (exact) mass is 426 g/mol. The van der Waals surface area contributed by atoms with Gasteiger partial charge < -0.3 is 9.47 Å². The molecule has 1 aliphatic carbocycles. The number of nitrogens with zero attached hydrogens (tertiary/aromatic N) is 4. The van der Waals surface area contributed by atoms with Crippen LogP contribution >= 0.6 is 11.8 Å². The molecule has 1 aromatic carbocycles. The lowest BCUT2D eigenvalue weighted by atomic mass is 9.82. The highest BCUT2D eigenvalue weighted by molar-refractivity contribution is 7.99. The van der Waals surface area contributed by atoms with Gasteiger partial charge in [-0.2, -0.15) is 4.98 Å². The molecule has 1 aliphatic rings. The summed E-state index contributed by atoms with van der Waals surface area (Å²) in [6.45, 7) is 4.40. The van der Waals surface area contributed by atoms with E-state index in [-0.39, 0.29) is 11.7 Å². The molecule has 0 radical (unpaired) electrons. The number of ether oxygens (including phenoxy) is 2. The number of hydrogen-bond donors (Lipinski definition) is 0. The summed E-state index contributed by atoms with van der Waals surface area (Å²) in [6.07, 6.45) is 3.95. The van der Waals surface area contributed by atoms with Crippen molar-refractivity contribution in [2.45, 2.75) is 44.2 Å². The van der Waals surface area contributed by atoms with E-state index < -0.39 is 0 Å². The fourth-order valence-electron chi connectivity index (χ4n) is 3.69. The molecule has 0 bridgehead atoms. The van der Waals surface area contributed by atoms with Crippen LogP contribution in [0.25, 0.3) is 5.78 Å². The average molecular weight is 427 g/mol. The Kier molecular flexibility index (Phi) is 5.94. The molecule has 0 amide bonds. The summed E-state index contributed by atoms with van der Waals surface area (Å²) in [4.78, 5) is 22.1. The average Bonchev–Trinajstić information content (AvgIpc) is 3.13. The van der Waals surface area contributed by atoms with Gasteiger partial charge in [0.2, 0.25) is 5.16 Å². The summed E-state index contributed by atoms with van der Waals surface area (Å²) < 4.78 is 12.5. The predicted molar refractivity (Wildman–Crippen MR) is 116 cm³/mol. The number of fused-ring (bicyclic) bond motifs is 2. The number of rotatable bonds is 7. The Morgan fingerprint density at radius 1 is 1.20 bits per heavy atom. The van der Waals surface area contributed by atoms with Crippen LogP contribution in [-0.4, -0.2) is 45.3 Å². The molecule has 3 aromatic rings. The molecular weight excluding hydrogens is 400 g/mol. The third-order valence-electron chi connectivity index (χ3n) is 5.37. The minimum absolute atomic E-state index is 0.00335. The van der Waals surface area contributed by atoms with Crippen LogP contribution < -0.4 is 9.47 Å². The molecule has 0 spiro atoms. The summed E-state index contributed by atoms with van der Waals surface area (Å²) >= 11 is 1.63. The van der Waals surface area contributed by atoms with E-state index in [0.717, 1.165) is 34.9 Å². The van der Waals surface area contributed by atoms with Crippen LogP contribution in [0.5, 0.6) is 11.5 Å². The lowest BCUT2D eigenvalue weighted by Gasteiger charge is -2.24. The first kappa shape index (κ1) is 20.7. The van der Waals surface area contributed by atoms with Crippen molar-refractivity contribution in [3.8, 4) is 11.5 Å². The van der Waals surface area contributed by atoms with Crippen molar-refractivity contribution in [2.75, 3.05) is 20.0 Å². The Hall–Kier alpha value is -2.61. The van der Waals surface area contributed by atoms with Gasteiger partial charge in [0.15, 0.2) is 5.78 Å². The number of ketones is 1. The molecule has 4 rings (SSSR count). The van der Waals surface area contributed by atoms with Gasteiger partial charge in [-0.1, -0.05) is 31.7 Å². The molecular formula is C22H26N4O3S. The summed E-state index contributed by atoms with van der Waals surface area (Å²) in [6, 6.07) is 5.72. The Morgan fingerprint density at radius 3 is 2.77 bits per heavy atom. The Balaban J connectivity index is 1.62. The molecule has 2 heterocycles. The van der Waals surface area contributed by atoms with E-state index in [1.807, 2.05) is 18.2 Å². The maximum Gasteiger partial charge on any atom is 0.253 e. The number of carbonyl (C=O) groups excluding carboxylic acids is 1. The zero-order chi connectivity index (χ0) is 21.3. The van der Waals surface area contributed by atoms with E-state index in [1.165, 1.54) is 0 Å². The first-order valence-electron chi connectivity index (χ1n) is 10.1. The van der Waals surface area contributed by atoms with Crippen molar-refractivity contribution in [2.24, 2.45) is 5.92 Å². The zero-order valence-electron chi connectivity index (χ0n) is 17.7. The SMILES string of the molecule is COc1ccc([C@@H]2CC(=O)c3cn4nc(SCCC(C)C)nc4nc3C2)c(OC)c1. The molecule has 158 valence electrons. The van der Waals surface area contributed by atoms with Crippen LogP contribution in [0, 0.1) is 5.92 Å². The van der Waals surface area contributed by atoms with Crippen LogP contribution in [0.4, 0.5) is 0 Å². The van der Waals surface area contributed by atoms with Crippen LogP contribution in [-0.2, 0) is 6.42 Å². The largest absolute Gasteiger partial charge is 0.497 e. The number of carbonyl (C=O) groups is 1. The van der Waals surface area contributed by atoms with Gasteiger partial charge in [0.25, 0.3) is 5.78 Å². The van der Waals surface area contributed by atoms with Gasteiger partial charge in [-0.3, -0.25) is 4.79 Å². The highest BCUT2D eigenvalue weighted by atomic mass is 32.2. The number of thioether (sulfide) groups is 1. The minimum atomic E-state index is 0.00335. The maximum absolute atomic E-state index is 12.9. The molecule has 0 aliphatic heterocycles. The van der Waals surface area contributed by atoms with Crippen molar-refractivity contribution in [3.05, 3.63) is 41.2 Å². The maximum atomic E-state index is 12.9. The van der Waals surface area contributed by atoms with Gasteiger partial charge in [0, 0.05) is 30.4 Å². The van der Waals surface area contributed by atoms with Gasteiger partial charge in [-0.25, -0.2) is 9.50 Å². The van der Waals surface area contributed by atoms with E-state index in [1.54, 1.807) is 36.7 Å². The molecule has 1 atom stereocenters. The van der Waals surface area contributed by atoms with Crippen molar-refractivity contribution < 1.29 is 14.3 Å². The number of benzene rings is 1. The van der Waals surface area contributed by atoms with E-state index >= 15 is 0 Å². The summed E-state index contributed by atoms with van der Waals surface area (Å²) in [5.41, 5.74) is 2.40. The predicted octanol–water partition coefficient (Wildman–Crippen LogP) is 4.19. The molecule has 30 heavy (non-hydrogen) atoms. The van der Waals surface area contributed by atoms with Crippen LogP contribution in [0.1, 0.15) is 54.2 Å². The first-order valence-corrected chi connectivity index (χ1v) is 11.1. The number of hydrogen-bond acceptors (Lipinski definition) is 7. The number of aromatic nitrogens is 4. The van der Waals surface area contributed by atoms with Crippen molar-refractivity contribution in [1.82, 2.24) is 19.6 Å². The standard InChI is InChI=1S/C22H26N4O3S/c1-13(2)7-8-30-22-24-21-23-18-9-14(10-19(27)17(18)12-26(21)25-22)16-6-5-15(28-3)11-20(16)29-4/h5-6,11-14H,7-10H2,1-4H3/t14-/m0/s1. The Bertz CT molecular complexity index is 1080. The Labute approximate surface area is 180 Å². The second-order valence-corrected chi connectivity index (χ2v) is 8.97. The van der Waals surface area contributed by atoms with Crippen molar-refractivity contribution >= 4 is 23.3 Å². The van der Waals surface area contributed by atoms with E-state index in [2.05, 4.69) is 28.9 Å². The smallest absolute Gasteiger partial charge is 0.253 e. The first-order chi connectivity index (χ1) is 14.5. The van der Waals surface area contributed by atoms with Crippen LogP contribution in [0.2, 0.25) is 0 Å². The van der Waals surface area contributed by atoms with Gasteiger partial charge in [-0.05, 0) is 30.4 Å². The topological polar surface area (TPSA) is 78.6 Å². The zero-order valence-corrected chi connectivity index (χ0v) is 18.5. The van der Waals surface area contributed by atoms with Gasteiger partial charge >= 0.3 is 0 Å². The molecule has 0 N–H and O–H groups in total. The molecule has 2 aromatic heterocycles. The lowest BCUT2D eigenvalue weighted by molar-refractivity contribution is 0.0962. The third kappa shape index (κ3) is 4.14. The number of Topliss-reactive ketones (excluding diaryl/α,β-unsaturated/α-hetero) is 1. The molecule has 0 saturated heterocycles. The highest BCUT2D eigenvalue weighted by Crippen LogP contribution is 2.38. The fraction of sp³-hybridized carbons (Fsp3) is 0.455. The van der Waals surface area contributed by atoms with Crippen molar-refractivity contribution in [3.63, 3.8) is 0 Å². The summed E-state index contributed by atoms with van der Waals surface area (Å²) in [5.74, 6) is 3.67. The molecule has 8 heteroatoms. The van der Waals surface area contributed by atoms with Crippen LogP contribution in [0.15, 0.2) is 29.6 Å². The molecule has 7 nitrogen and oxygen atoms in total. The number of methoxy groups -OCH3 is 2. The summed E-state index contributed by atoms with van der Waals surface area (Å²) in [7, 11) is 3.26. The third-order valence-corrected chi connectivity index (χ3v) is 6.24. The van der Waals surface area contributed by atoms with Gasteiger partial charge in [0.1, 0.15) is 11.5 Å². The second kappa shape index (κ2) is 8.63. The van der Waals surface area contributed by atoms with E-state index in [9.17, 15) is 4.79 Å². The Morgan fingerprint density at radius 2 is 2.03 bits per heavy atom. The van der Waals surface area contributed by atoms with E-state index in [0.29, 0.717) is 35.3 Å². The molecule has 0 unspecified atom stereocenters. The lowest BCUT2D eigenvalue weighted by Crippen LogP contribution is -2.21. The molecule has 0 saturated carbocycles. The van der Waals surface area contributed by atoms with Crippen LogP contribution in [0.3, 0.4) is 0 Å².